The second-order valence-electron chi connectivity index (χ2n) is 3.76. The second kappa shape index (κ2) is 4.06. The van der Waals surface area contributed by atoms with Gasteiger partial charge in [-0.15, -0.1) is 11.3 Å². The van der Waals surface area contributed by atoms with Crippen molar-refractivity contribution in [3.05, 3.63) is 16.1 Å². The topological polar surface area (TPSA) is 76.2 Å². The van der Waals surface area contributed by atoms with Gasteiger partial charge in [0.1, 0.15) is 5.01 Å². The zero-order chi connectivity index (χ0) is 10.8. The quantitative estimate of drug-likeness (QED) is 0.793. The molecule has 78 valence electrons. The van der Waals surface area contributed by atoms with Crippen molar-refractivity contribution in [2.24, 2.45) is 5.73 Å². The smallest absolute Gasteiger partial charge is 0.303 e. The summed E-state index contributed by atoms with van der Waals surface area (Å²) in [7, 11) is 0. The van der Waals surface area contributed by atoms with Gasteiger partial charge in [-0.3, -0.25) is 4.79 Å². The molecule has 5 heteroatoms. The summed E-state index contributed by atoms with van der Waals surface area (Å²) in [5, 5.41) is 11.2. The van der Waals surface area contributed by atoms with Gasteiger partial charge >= 0.3 is 5.97 Å². The average Bonchev–Trinajstić information content (AvgIpc) is 2.47. The van der Waals surface area contributed by atoms with E-state index in [1.54, 1.807) is 0 Å². The van der Waals surface area contributed by atoms with Crippen LogP contribution in [0.3, 0.4) is 0 Å². The van der Waals surface area contributed by atoms with Crippen LogP contribution in [0.2, 0.25) is 0 Å². The highest BCUT2D eigenvalue weighted by atomic mass is 32.1. The van der Waals surface area contributed by atoms with Gasteiger partial charge in [-0.05, 0) is 13.8 Å². The molecule has 0 saturated heterocycles. The molecule has 0 atom stereocenters. The van der Waals surface area contributed by atoms with Crippen LogP contribution >= 0.6 is 11.3 Å². The van der Waals surface area contributed by atoms with E-state index in [0.29, 0.717) is 6.42 Å². The number of aliphatic carboxylic acids is 1. The molecule has 0 aliphatic rings. The van der Waals surface area contributed by atoms with Crippen LogP contribution in [0.25, 0.3) is 0 Å². The number of aryl methyl sites for hydroxylation is 1. The molecule has 0 amide bonds. The van der Waals surface area contributed by atoms with E-state index >= 15 is 0 Å². The third-order valence-corrected chi connectivity index (χ3v) is 2.93. The fourth-order valence-corrected chi connectivity index (χ4v) is 1.84. The number of nitrogens with two attached hydrogens (primary N) is 1. The summed E-state index contributed by atoms with van der Waals surface area (Å²) in [5.41, 5.74) is 6.23. The van der Waals surface area contributed by atoms with Gasteiger partial charge in [0, 0.05) is 11.8 Å². The third kappa shape index (κ3) is 3.08. The number of nitrogens with zero attached hydrogens (tertiary/aromatic N) is 1. The Bertz CT molecular complexity index is 328. The Morgan fingerprint density at radius 1 is 1.71 bits per heavy atom. The number of rotatable bonds is 4. The predicted molar refractivity (Wildman–Crippen MR) is 55.3 cm³/mol. The van der Waals surface area contributed by atoms with Crippen LogP contribution in [0, 0.1) is 0 Å². The summed E-state index contributed by atoms with van der Waals surface area (Å²) in [6.07, 6.45) is 0.593. The summed E-state index contributed by atoms with van der Waals surface area (Å²) >= 11 is 1.48. The van der Waals surface area contributed by atoms with Gasteiger partial charge in [-0.2, -0.15) is 0 Å². The largest absolute Gasteiger partial charge is 0.481 e. The van der Waals surface area contributed by atoms with Crippen molar-refractivity contribution in [1.29, 1.82) is 0 Å². The monoisotopic (exact) mass is 214 g/mol. The molecule has 3 N–H and O–H groups in total. The van der Waals surface area contributed by atoms with Crippen LogP contribution in [0.15, 0.2) is 5.38 Å². The molecule has 4 nitrogen and oxygen atoms in total. The maximum Gasteiger partial charge on any atom is 0.303 e. The average molecular weight is 214 g/mol. The van der Waals surface area contributed by atoms with E-state index in [9.17, 15) is 4.79 Å². The van der Waals surface area contributed by atoms with Crippen LogP contribution in [0.1, 0.15) is 31.0 Å². The first-order valence-corrected chi connectivity index (χ1v) is 5.23. The van der Waals surface area contributed by atoms with E-state index < -0.39 is 11.5 Å². The van der Waals surface area contributed by atoms with Crippen molar-refractivity contribution in [3.8, 4) is 0 Å². The molecule has 0 aliphatic heterocycles. The molecular formula is C9H14N2O2S. The van der Waals surface area contributed by atoms with Crippen molar-refractivity contribution in [1.82, 2.24) is 4.98 Å². The van der Waals surface area contributed by atoms with Gasteiger partial charge in [-0.25, -0.2) is 4.98 Å². The lowest BCUT2D eigenvalue weighted by molar-refractivity contribution is -0.136. The number of carbonyl (C=O) groups is 1. The van der Waals surface area contributed by atoms with Crippen LogP contribution in [0.4, 0.5) is 0 Å². The summed E-state index contributed by atoms with van der Waals surface area (Å²) in [5.74, 6) is -0.799. The Morgan fingerprint density at radius 2 is 2.36 bits per heavy atom. The highest BCUT2D eigenvalue weighted by Crippen LogP contribution is 2.21. The standard InChI is InChI=1S/C9H14N2O2S/c1-9(2,10)8-11-6(5-14-8)3-4-7(12)13/h5H,3-4,10H2,1-2H3,(H,12,13). The maximum atomic E-state index is 10.3. The maximum absolute atomic E-state index is 10.3. The minimum absolute atomic E-state index is 0.119. The van der Waals surface area contributed by atoms with E-state index in [1.807, 2.05) is 19.2 Å². The number of carboxylic acids is 1. The van der Waals surface area contributed by atoms with E-state index in [1.165, 1.54) is 11.3 Å². The SMILES string of the molecule is CC(C)(N)c1nc(CCC(=O)O)cs1. The fraction of sp³-hybridized carbons (Fsp3) is 0.556. The van der Waals surface area contributed by atoms with Crippen LogP contribution in [0.5, 0.6) is 0 Å². The Kier molecular flexibility index (Phi) is 3.23. The number of thiazole rings is 1. The molecule has 0 fully saturated rings. The van der Waals surface area contributed by atoms with E-state index in [4.69, 9.17) is 10.8 Å². The number of hydrogen-bond acceptors (Lipinski definition) is 4. The fourth-order valence-electron chi connectivity index (χ4n) is 0.953. The van der Waals surface area contributed by atoms with Gasteiger partial charge in [0.15, 0.2) is 0 Å². The van der Waals surface area contributed by atoms with Crippen molar-refractivity contribution in [2.45, 2.75) is 32.2 Å². The Labute approximate surface area is 86.8 Å². The first-order valence-electron chi connectivity index (χ1n) is 4.35. The number of aromatic nitrogens is 1. The van der Waals surface area contributed by atoms with Gasteiger partial charge in [-0.1, -0.05) is 0 Å². The lowest BCUT2D eigenvalue weighted by Gasteiger charge is -2.13. The van der Waals surface area contributed by atoms with E-state index in [2.05, 4.69) is 4.98 Å². The molecule has 1 heterocycles. The molecular weight excluding hydrogens is 200 g/mol. The Balaban J connectivity index is 2.64. The minimum atomic E-state index is -0.799. The Morgan fingerprint density at radius 3 is 2.79 bits per heavy atom. The molecule has 1 aromatic heterocycles. The first-order chi connectivity index (χ1) is 6.39. The molecule has 14 heavy (non-hydrogen) atoms. The first kappa shape index (κ1) is 11.1. The minimum Gasteiger partial charge on any atom is -0.481 e. The highest BCUT2D eigenvalue weighted by Gasteiger charge is 2.18. The van der Waals surface area contributed by atoms with Gasteiger partial charge in [0.05, 0.1) is 17.7 Å². The van der Waals surface area contributed by atoms with E-state index in [-0.39, 0.29) is 6.42 Å². The normalized spacial score (nSPS) is 11.6. The molecule has 0 aromatic carbocycles. The lowest BCUT2D eigenvalue weighted by atomic mass is 10.1. The molecule has 0 aliphatic carbocycles. The molecule has 1 rings (SSSR count). The van der Waals surface area contributed by atoms with Crippen LogP contribution in [-0.4, -0.2) is 16.1 Å². The summed E-state index contributed by atoms with van der Waals surface area (Å²) in [6.45, 7) is 3.76. The summed E-state index contributed by atoms with van der Waals surface area (Å²) in [6, 6.07) is 0. The van der Waals surface area contributed by atoms with Gasteiger partial charge in [0.2, 0.25) is 0 Å². The summed E-state index contributed by atoms with van der Waals surface area (Å²) < 4.78 is 0. The van der Waals surface area contributed by atoms with Crippen molar-refractivity contribution in [3.63, 3.8) is 0 Å². The highest BCUT2D eigenvalue weighted by molar-refractivity contribution is 7.09. The molecule has 0 saturated carbocycles. The molecule has 0 spiro atoms. The second-order valence-corrected chi connectivity index (χ2v) is 4.62. The van der Waals surface area contributed by atoms with Crippen LogP contribution in [-0.2, 0) is 16.8 Å². The van der Waals surface area contributed by atoms with Crippen molar-refractivity contribution < 1.29 is 9.90 Å². The van der Waals surface area contributed by atoms with Gasteiger partial charge in [0.25, 0.3) is 0 Å². The third-order valence-electron chi connectivity index (χ3n) is 1.70. The van der Waals surface area contributed by atoms with E-state index in [0.717, 1.165) is 10.7 Å². The molecule has 0 bridgehead atoms. The lowest BCUT2D eigenvalue weighted by Crippen LogP contribution is -2.28. The number of carboxylic acid groups (broad SMARTS) is 1. The van der Waals surface area contributed by atoms with Crippen LogP contribution < -0.4 is 5.73 Å². The zero-order valence-corrected chi connectivity index (χ0v) is 9.10. The van der Waals surface area contributed by atoms with Crippen molar-refractivity contribution in [2.75, 3.05) is 0 Å². The molecule has 1 aromatic rings. The molecule has 0 unspecified atom stereocenters. The summed E-state index contributed by atoms with van der Waals surface area (Å²) in [4.78, 5) is 14.6. The predicted octanol–water partition coefficient (Wildman–Crippen LogP) is 1.35. The zero-order valence-electron chi connectivity index (χ0n) is 8.28. The molecule has 0 radical (unpaired) electrons. The van der Waals surface area contributed by atoms with Gasteiger partial charge < -0.3 is 10.8 Å². The van der Waals surface area contributed by atoms with Crippen molar-refractivity contribution >= 4 is 17.3 Å². The Hall–Kier alpha value is -0.940. The number of hydrogen-bond donors (Lipinski definition) is 2.